The Morgan fingerprint density at radius 1 is 1.35 bits per heavy atom. The van der Waals surface area contributed by atoms with Gasteiger partial charge in [0.05, 0.1) is 11.3 Å². The van der Waals surface area contributed by atoms with Crippen molar-refractivity contribution in [3.63, 3.8) is 0 Å². The number of nitrogens with two attached hydrogens (primary N) is 1. The van der Waals surface area contributed by atoms with Crippen molar-refractivity contribution < 1.29 is 4.74 Å². The lowest BCUT2D eigenvalue weighted by molar-refractivity contribution is 0.354. The number of nitriles is 1. The van der Waals surface area contributed by atoms with Gasteiger partial charge in [0.1, 0.15) is 6.07 Å². The molecule has 0 fully saturated rings. The van der Waals surface area contributed by atoms with E-state index in [9.17, 15) is 5.26 Å². The molecule has 1 aliphatic heterocycles. The minimum atomic E-state index is -0.0922. The number of rotatable bonds is 4. The zero-order valence-electron chi connectivity index (χ0n) is 14.3. The highest BCUT2D eigenvalue weighted by atomic mass is 32.2. The lowest BCUT2D eigenvalue weighted by Gasteiger charge is -2.30. The molecule has 4 rings (SSSR count). The van der Waals surface area contributed by atoms with Crippen molar-refractivity contribution in [1.29, 1.82) is 5.26 Å². The monoisotopic (exact) mass is 364 g/mol. The van der Waals surface area contributed by atoms with Gasteiger partial charge in [0, 0.05) is 22.1 Å². The van der Waals surface area contributed by atoms with Crippen LogP contribution in [-0.2, 0) is 5.75 Å². The fourth-order valence-electron chi connectivity index (χ4n) is 3.67. The zero-order valence-corrected chi connectivity index (χ0v) is 15.1. The Hall–Kier alpha value is -2.65. The third-order valence-corrected chi connectivity index (χ3v) is 5.95. The molecule has 0 saturated carbocycles. The van der Waals surface area contributed by atoms with Crippen molar-refractivity contribution >= 4 is 11.8 Å². The van der Waals surface area contributed by atoms with Crippen LogP contribution in [-0.4, -0.2) is 10.2 Å². The van der Waals surface area contributed by atoms with Gasteiger partial charge in [0.15, 0.2) is 0 Å². The highest BCUT2D eigenvalue weighted by Gasteiger charge is 2.38. The van der Waals surface area contributed by atoms with E-state index < -0.39 is 0 Å². The third-order valence-electron chi connectivity index (χ3n) is 4.91. The number of hydrogen-bond acceptors (Lipinski definition) is 5. The van der Waals surface area contributed by atoms with E-state index in [4.69, 9.17) is 10.5 Å². The number of hydrogen-bond donors (Lipinski definition) is 2. The van der Waals surface area contributed by atoms with Crippen molar-refractivity contribution in [1.82, 2.24) is 10.2 Å². The highest BCUT2D eigenvalue weighted by molar-refractivity contribution is 7.98. The van der Waals surface area contributed by atoms with Crippen LogP contribution in [0.1, 0.15) is 36.4 Å². The van der Waals surface area contributed by atoms with Crippen molar-refractivity contribution in [2.45, 2.75) is 35.8 Å². The molecule has 2 atom stereocenters. The number of H-pyrrole nitrogens is 1. The standard InChI is InChI=1S/C20H20N4OS/c21-11-15-17(13-7-3-1-4-8-13)18-16(23-24-20(18)25-19(15)22)12-26-14-9-5-2-6-10-14/h2-3,5-7,9-10,13,17H,1,4,8,12,22H2,(H,23,24)/t13-,17+/m0/s1. The number of aromatic nitrogens is 2. The molecule has 5 nitrogen and oxygen atoms in total. The van der Waals surface area contributed by atoms with Gasteiger partial charge < -0.3 is 10.5 Å². The summed E-state index contributed by atoms with van der Waals surface area (Å²) in [5.41, 5.74) is 8.52. The van der Waals surface area contributed by atoms with E-state index in [1.807, 2.05) is 18.2 Å². The van der Waals surface area contributed by atoms with Crippen molar-refractivity contribution in [3.8, 4) is 11.9 Å². The van der Waals surface area contributed by atoms with Gasteiger partial charge in [-0.15, -0.1) is 16.9 Å². The second-order valence-electron chi connectivity index (χ2n) is 6.52. The molecular formula is C20H20N4OS. The Morgan fingerprint density at radius 3 is 2.92 bits per heavy atom. The summed E-state index contributed by atoms with van der Waals surface area (Å²) in [6.07, 6.45) is 7.67. The molecule has 132 valence electrons. The summed E-state index contributed by atoms with van der Waals surface area (Å²) in [4.78, 5) is 1.19. The molecule has 0 bridgehead atoms. The molecule has 1 aliphatic carbocycles. The normalized spacial score (nSPS) is 21.8. The van der Waals surface area contributed by atoms with E-state index in [1.54, 1.807) is 11.8 Å². The maximum atomic E-state index is 9.70. The predicted molar refractivity (Wildman–Crippen MR) is 101 cm³/mol. The van der Waals surface area contributed by atoms with Crippen LogP contribution >= 0.6 is 11.8 Å². The van der Waals surface area contributed by atoms with E-state index in [-0.39, 0.29) is 17.7 Å². The number of thioether (sulfide) groups is 1. The average molecular weight is 364 g/mol. The molecule has 0 radical (unpaired) electrons. The van der Waals surface area contributed by atoms with Crippen LogP contribution in [0.4, 0.5) is 0 Å². The summed E-state index contributed by atoms with van der Waals surface area (Å²) in [6, 6.07) is 12.5. The van der Waals surface area contributed by atoms with Gasteiger partial charge in [-0.2, -0.15) is 5.26 Å². The minimum absolute atomic E-state index is 0.0922. The van der Waals surface area contributed by atoms with Crippen molar-refractivity contribution in [2.24, 2.45) is 11.7 Å². The zero-order chi connectivity index (χ0) is 17.9. The summed E-state index contributed by atoms with van der Waals surface area (Å²) in [6.45, 7) is 0. The lowest BCUT2D eigenvalue weighted by Crippen LogP contribution is -2.25. The number of allylic oxidation sites excluding steroid dienone is 3. The highest BCUT2D eigenvalue weighted by Crippen LogP contribution is 2.46. The van der Waals surface area contributed by atoms with Crippen LogP contribution in [0.25, 0.3) is 0 Å². The smallest absolute Gasteiger partial charge is 0.243 e. The molecule has 0 unspecified atom stereocenters. The summed E-state index contributed by atoms with van der Waals surface area (Å²) >= 11 is 1.73. The molecule has 1 aromatic carbocycles. The van der Waals surface area contributed by atoms with Gasteiger partial charge in [0.2, 0.25) is 11.8 Å². The van der Waals surface area contributed by atoms with Crippen molar-refractivity contribution in [3.05, 3.63) is 65.2 Å². The topological polar surface area (TPSA) is 87.7 Å². The Kier molecular flexibility index (Phi) is 4.72. The van der Waals surface area contributed by atoms with Gasteiger partial charge >= 0.3 is 0 Å². The van der Waals surface area contributed by atoms with E-state index in [1.165, 1.54) is 4.90 Å². The van der Waals surface area contributed by atoms with Crippen LogP contribution in [0, 0.1) is 17.2 Å². The first-order valence-corrected chi connectivity index (χ1v) is 9.75. The molecule has 2 aromatic rings. The first kappa shape index (κ1) is 16.8. The quantitative estimate of drug-likeness (QED) is 0.626. The van der Waals surface area contributed by atoms with Crippen LogP contribution in [0.5, 0.6) is 5.88 Å². The maximum Gasteiger partial charge on any atom is 0.243 e. The number of aromatic amines is 1. The fourth-order valence-corrected chi connectivity index (χ4v) is 4.56. The van der Waals surface area contributed by atoms with Crippen LogP contribution in [0.2, 0.25) is 0 Å². The summed E-state index contributed by atoms with van der Waals surface area (Å²) in [5.74, 6) is 1.58. The second-order valence-corrected chi connectivity index (χ2v) is 7.56. The Labute approximate surface area is 156 Å². The van der Waals surface area contributed by atoms with Gasteiger partial charge in [-0.3, -0.25) is 5.10 Å². The van der Waals surface area contributed by atoms with Crippen LogP contribution in [0.15, 0.2) is 58.8 Å². The lowest BCUT2D eigenvalue weighted by atomic mass is 9.75. The molecule has 2 aliphatic rings. The molecule has 3 N–H and O–H groups in total. The largest absolute Gasteiger partial charge is 0.420 e. The average Bonchev–Trinajstić information content (AvgIpc) is 3.09. The summed E-state index contributed by atoms with van der Waals surface area (Å²) in [5, 5.41) is 17.1. The van der Waals surface area contributed by atoms with Gasteiger partial charge in [-0.1, -0.05) is 30.4 Å². The van der Waals surface area contributed by atoms with E-state index in [0.29, 0.717) is 11.5 Å². The number of nitrogens with one attached hydrogen (secondary N) is 1. The third kappa shape index (κ3) is 3.11. The van der Waals surface area contributed by atoms with E-state index in [0.717, 1.165) is 36.3 Å². The number of nitrogens with zero attached hydrogens (tertiary/aromatic N) is 2. The minimum Gasteiger partial charge on any atom is -0.420 e. The van der Waals surface area contributed by atoms with Crippen LogP contribution < -0.4 is 10.5 Å². The Bertz CT molecular complexity index is 894. The molecular weight excluding hydrogens is 344 g/mol. The van der Waals surface area contributed by atoms with Crippen LogP contribution in [0.3, 0.4) is 0 Å². The Balaban J connectivity index is 1.68. The summed E-state index contributed by atoms with van der Waals surface area (Å²) < 4.78 is 5.65. The van der Waals surface area contributed by atoms with Gasteiger partial charge in [-0.05, 0) is 37.3 Å². The molecule has 0 saturated heterocycles. The maximum absolute atomic E-state index is 9.70. The summed E-state index contributed by atoms with van der Waals surface area (Å²) in [7, 11) is 0. The van der Waals surface area contributed by atoms with Gasteiger partial charge in [0.25, 0.3) is 0 Å². The molecule has 6 heteroatoms. The second kappa shape index (κ2) is 7.30. The first-order valence-electron chi connectivity index (χ1n) is 8.77. The Morgan fingerprint density at radius 2 is 2.19 bits per heavy atom. The fraction of sp³-hybridized carbons (Fsp3) is 0.300. The first-order chi connectivity index (χ1) is 12.8. The van der Waals surface area contributed by atoms with E-state index >= 15 is 0 Å². The molecule has 26 heavy (non-hydrogen) atoms. The number of fused-ring (bicyclic) bond motifs is 1. The predicted octanol–water partition coefficient (Wildman–Crippen LogP) is 4.23. The number of benzene rings is 1. The SMILES string of the molecule is N#CC1=C(N)Oc2n[nH]c(CSc3ccccc3)c2[C@@H]1[C@H]1C=CCCC1. The van der Waals surface area contributed by atoms with E-state index in [2.05, 4.69) is 40.6 Å². The molecule has 0 amide bonds. The molecule has 0 spiro atoms. The molecule has 1 aromatic heterocycles. The van der Waals surface area contributed by atoms with Gasteiger partial charge in [-0.25, -0.2) is 0 Å². The number of ether oxygens (including phenoxy) is 1. The van der Waals surface area contributed by atoms with Crippen molar-refractivity contribution in [2.75, 3.05) is 0 Å². The molecule has 2 heterocycles.